The normalized spacial score (nSPS) is 11.1. The summed E-state index contributed by atoms with van der Waals surface area (Å²) in [4.78, 5) is 33.4. The molecule has 1 aromatic heterocycles. The number of nitrogens with one attached hydrogen (secondary N) is 1. The molecule has 39 heavy (non-hydrogen) atoms. The summed E-state index contributed by atoms with van der Waals surface area (Å²) in [6.45, 7) is 6.26. The van der Waals surface area contributed by atoms with Gasteiger partial charge >= 0.3 is 0 Å². The number of para-hydroxylation sites is 3. The molecular formula is C32H30N4O2S. The molecule has 0 bridgehead atoms. The molecule has 5 aromatic rings. The van der Waals surface area contributed by atoms with Crippen LogP contribution in [0.4, 0.5) is 17.1 Å². The second kappa shape index (κ2) is 11.6. The maximum absolute atomic E-state index is 13.5. The second-order valence-corrected chi connectivity index (χ2v) is 10.5. The van der Waals surface area contributed by atoms with Crippen molar-refractivity contribution >= 4 is 45.6 Å². The fourth-order valence-corrected chi connectivity index (χ4v) is 5.41. The fourth-order valence-electron chi connectivity index (χ4n) is 4.60. The van der Waals surface area contributed by atoms with Gasteiger partial charge in [0.05, 0.1) is 22.3 Å². The van der Waals surface area contributed by atoms with E-state index < -0.39 is 0 Å². The zero-order valence-electron chi connectivity index (χ0n) is 22.2. The standard InChI is InChI=1S/C32H30N4O2S/c1-22(2)35(25-12-5-4-6-13-25)26-19-17-24(18-20-26)33-30(37)21-39-32-34-28-15-9-8-14-27(28)31(38)36(32)29-16-10-7-11-23(29)3/h4-20,22H,21H2,1-3H3,(H,33,37). The number of hydrogen-bond donors (Lipinski definition) is 1. The molecule has 7 heteroatoms. The van der Waals surface area contributed by atoms with Crippen LogP contribution in [0, 0.1) is 6.92 Å². The van der Waals surface area contributed by atoms with Crippen LogP contribution in [0.3, 0.4) is 0 Å². The van der Waals surface area contributed by atoms with Gasteiger partial charge in [0.25, 0.3) is 5.56 Å². The summed E-state index contributed by atoms with van der Waals surface area (Å²) in [6.07, 6.45) is 0. The van der Waals surface area contributed by atoms with Crippen molar-refractivity contribution < 1.29 is 4.79 Å². The number of anilines is 3. The van der Waals surface area contributed by atoms with Gasteiger partial charge in [-0.2, -0.15) is 0 Å². The minimum atomic E-state index is -0.171. The molecule has 0 saturated carbocycles. The Kier molecular flexibility index (Phi) is 7.79. The molecule has 0 aliphatic rings. The number of carbonyl (C=O) groups is 1. The molecule has 0 spiro atoms. The van der Waals surface area contributed by atoms with E-state index in [0.717, 1.165) is 22.6 Å². The third-order valence-corrected chi connectivity index (χ3v) is 7.35. The molecule has 0 unspecified atom stereocenters. The van der Waals surface area contributed by atoms with Crippen LogP contribution in [0.2, 0.25) is 0 Å². The topological polar surface area (TPSA) is 67.2 Å². The molecule has 1 amide bonds. The van der Waals surface area contributed by atoms with E-state index in [0.29, 0.717) is 21.7 Å². The highest BCUT2D eigenvalue weighted by atomic mass is 32.2. The Morgan fingerprint density at radius 1 is 0.872 bits per heavy atom. The summed E-state index contributed by atoms with van der Waals surface area (Å²) < 4.78 is 1.61. The van der Waals surface area contributed by atoms with Crippen LogP contribution in [-0.2, 0) is 4.79 Å². The van der Waals surface area contributed by atoms with Gasteiger partial charge in [-0.1, -0.05) is 60.3 Å². The first-order valence-corrected chi connectivity index (χ1v) is 13.9. The Labute approximate surface area is 232 Å². The number of nitrogens with zero attached hydrogens (tertiary/aromatic N) is 3. The molecule has 5 rings (SSSR count). The zero-order valence-corrected chi connectivity index (χ0v) is 23.0. The number of fused-ring (bicyclic) bond motifs is 1. The van der Waals surface area contributed by atoms with Crippen LogP contribution < -0.4 is 15.8 Å². The van der Waals surface area contributed by atoms with E-state index >= 15 is 0 Å². The number of amides is 1. The molecule has 0 aliphatic heterocycles. The predicted molar refractivity (Wildman–Crippen MR) is 162 cm³/mol. The SMILES string of the molecule is Cc1ccccc1-n1c(SCC(=O)Nc2ccc(N(c3ccccc3)C(C)C)cc2)nc2ccccc2c1=O. The van der Waals surface area contributed by atoms with Crippen molar-refractivity contribution in [2.45, 2.75) is 32.0 Å². The van der Waals surface area contributed by atoms with Crippen LogP contribution in [0.1, 0.15) is 19.4 Å². The Hall–Kier alpha value is -4.36. The summed E-state index contributed by atoms with van der Waals surface area (Å²) >= 11 is 1.25. The summed E-state index contributed by atoms with van der Waals surface area (Å²) in [6, 6.07) is 33.3. The molecule has 6 nitrogen and oxygen atoms in total. The lowest BCUT2D eigenvalue weighted by Gasteiger charge is -2.29. The monoisotopic (exact) mass is 534 g/mol. The molecule has 1 N–H and O–H groups in total. The van der Waals surface area contributed by atoms with Gasteiger partial charge in [0.1, 0.15) is 0 Å². The van der Waals surface area contributed by atoms with E-state index in [-0.39, 0.29) is 23.3 Å². The van der Waals surface area contributed by atoms with Crippen molar-refractivity contribution in [3.05, 3.63) is 119 Å². The minimum Gasteiger partial charge on any atom is -0.339 e. The molecule has 4 aromatic carbocycles. The maximum atomic E-state index is 13.5. The fraction of sp³-hybridized carbons (Fsp3) is 0.156. The highest BCUT2D eigenvalue weighted by molar-refractivity contribution is 7.99. The van der Waals surface area contributed by atoms with Crippen molar-refractivity contribution in [3.63, 3.8) is 0 Å². The number of carbonyl (C=O) groups excluding carboxylic acids is 1. The summed E-state index contributed by atoms with van der Waals surface area (Å²) in [5.74, 6) is -0.0594. The van der Waals surface area contributed by atoms with Gasteiger partial charge in [-0.25, -0.2) is 4.98 Å². The first kappa shape index (κ1) is 26.3. The van der Waals surface area contributed by atoms with Gasteiger partial charge < -0.3 is 10.2 Å². The predicted octanol–water partition coefficient (Wildman–Crippen LogP) is 6.97. The number of aryl methyl sites for hydroxylation is 1. The molecule has 196 valence electrons. The second-order valence-electron chi connectivity index (χ2n) is 9.52. The molecule has 0 radical (unpaired) electrons. The van der Waals surface area contributed by atoms with Crippen molar-refractivity contribution in [3.8, 4) is 5.69 Å². The molecule has 0 atom stereocenters. The minimum absolute atomic E-state index is 0.112. The smallest absolute Gasteiger partial charge is 0.266 e. The van der Waals surface area contributed by atoms with Crippen molar-refractivity contribution in [1.82, 2.24) is 9.55 Å². The van der Waals surface area contributed by atoms with Crippen LogP contribution >= 0.6 is 11.8 Å². The zero-order chi connectivity index (χ0) is 27.4. The Balaban J connectivity index is 1.35. The van der Waals surface area contributed by atoms with Gasteiger partial charge in [0, 0.05) is 23.1 Å². The van der Waals surface area contributed by atoms with Gasteiger partial charge in [0.15, 0.2) is 5.16 Å². The van der Waals surface area contributed by atoms with E-state index in [4.69, 9.17) is 4.98 Å². The van der Waals surface area contributed by atoms with E-state index in [1.54, 1.807) is 10.6 Å². The summed E-state index contributed by atoms with van der Waals surface area (Å²) in [5, 5.41) is 4.00. The van der Waals surface area contributed by atoms with Gasteiger partial charge in [-0.3, -0.25) is 14.2 Å². The quantitative estimate of drug-likeness (QED) is 0.172. The lowest BCUT2D eigenvalue weighted by molar-refractivity contribution is -0.113. The molecule has 1 heterocycles. The Morgan fingerprint density at radius 3 is 2.23 bits per heavy atom. The number of hydrogen-bond acceptors (Lipinski definition) is 5. The van der Waals surface area contributed by atoms with E-state index in [9.17, 15) is 9.59 Å². The first-order valence-electron chi connectivity index (χ1n) is 12.9. The molecule has 0 saturated heterocycles. The van der Waals surface area contributed by atoms with E-state index in [2.05, 4.69) is 36.2 Å². The van der Waals surface area contributed by atoms with Crippen molar-refractivity contribution in [2.24, 2.45) is 0 Å². The van der Waals surface area contributed by atoms with Crippen LogP contribution in [0.15, 0.2) is 113 Å². The highest BCUT2D eigenvalue weighted by Crippen LogP contribution is 2.29. The van der Waals surface area contributed by atoms with E-state index in [1.807, 2.05) is 91.9 Å². The van der Waals surface area contributed by atoms with E-state index in [1.165, 1.54) is 11.8 Å². The largest absolute Gasteiger partial charge is 0.339 e. The number of benzene rings is 4. The lowest BCUT2D eigenvalue weighted by Crippen LogP contribution is -2.25. The average molecular weight is 535 g/mol. The maximum Gasteiger partial charge on any atom is 0.266 e. The van der Waals surface area contributed by atoms with Gasteiger partial charge in [0.2, 0.25) is 5.91 Å². The average Bonchev–Trinajstić information content (AvgIpc) is 2.94. The first-order chi connectivity index (χ1) is 18.9. The third-order valence-electron chi connectivity index (χ3n) is 6.41. The van der Waals surface area contributed by atoms with Gasteiger partial charge in [-0.05, 0) is 80.9 Å². The molecule has 0 fully saturated rings. The third kappa shape index (κ3) is 5.73. The van der Waals surface area contributed by atoms with Gasteiger partial charge in [-0.15, -0.1) is 0 Å². The van der Waals surface area contributed by atoms with Crippen LogP contribution in [-0.4, -0.2) is 27.3 Å². The van der Waals surface area contributed by atoms with Crippen molar-refractivity contribution in [2.75, 3.05) is 16.0 Å². The highest BCUT2D eigenvalue weighted by Gasteiger charge is 2.17. The number of thioether (sulfide) groups is 1. The molecule has 0 aliphatic carbocycles. The van der Waals surface area contributed by atoms with Crippen molar-refractivity contribution in [1.29, 1.82) is 0 Å². The Bertz CT molecular complexity index is 1660. The number of rotatable bonds is 8. The summed E-state index contributed by atoms with van der Waals surface area (Å²) in [5.41, 5.74) is 5.04. The lowest BCUT2D eigenvalue weighted by atomic mass is 10.2. The molecular weight excluding hydrogens is 504 g/mol. The van der Waals surface area contributed by atoms with Crippen LogP contribution in [0.5, 0.6) is 0 Å². The Morgan fingerprint density at radius 2 is 1.51 bits per heavy atom. The summed E-state index contributed by atoms with van der Waals surface area (Å²) in [7, 11) is 0. The van der Waals surface area contributed by atoms with Crippen LogP contribution in [0.25, 0.3) is 16.6 Å². The number of aromatic nitrogens is 2.